The van der Waals surface area contributed by atoms with Crippen LogP contribution in [-0.4, -0.2) is 14.8 Å². The maximum Gasteiger partial charge on any atom is 0.132 e. The topological polar surface area (TPSA) is 25.8 Å². The molecule has 0 aliphatic rings. The standard InChI is InChI=1S/C8H10Br2N2/c1-5(6(2)9)8-11-3-7(10)4-12-8/h3-6H,1-2H3. The van der Waals surface area contributed by atoms with Crippen LogP contribution in [0.15, 0.2) is 16.9 Å². The lowest BCUT2D eigenvalue weighted by Gasteiger charge is -2.11. The van der Waals surface area contributed by atoms with E-state index in [0.717, 1.165) is 10.3 Å². The van der Waals surface area contributed by atoms with Gasteiger partial charge in [0.2, 0.25) is 0 Å². The van der Waals surface area contributed by atoms with Gasteiger partial charge in [-0.2, -0.15) is 0 Å². The summed E-state index contributed by atoms with van der Waals surface area (Å²) < 4.78 is 0.917. The van der Waals surface area contributed by atoms with Crippen LogP contribution in [-0.2, 0) is 0 Å². The van der Waals surface area contributed by atoms with Crippen molar-refractivity contribution in [2.24, 2.45) is 0 Å². The molecule has 0 radical (unpaired) electrons. The molecule has 1 aromatic rings. The van der Waals surface area contributed by atoms with E-state index in [1.54, 1.807) is 12.4 Å². The molecule has 1 heterocycles. The summed E-state index contributed by atoms with van der Waals surface area (Å²) in [5, 5.41) is 0. The fourth-order valence-corrected chi connectivity index (χ4v) is 1.20. The molecule has 2 nitrogen and oxygen atoms in total. The second-order valence-electron chi connectivity index (χ2n) is 2.73. The maximum absolute atomic E-state index is 4.21. The van der Waals surface area contributed by atoms with E-state index in [1.165, 1.54) is 0 Å². The van der Waals surface area contributed by atoms with Crippen LogP contribution >= 0.6 is 31.9 Å². The summed E-state index contributed by atoms with van der Waals surface area (Å²) in [4.78, 5) is 8.82. The van der Waals surface area contributed by atoms with E-state index < -0.39 is 0 Å². The molecular weight excluding hydrogens is 284 g/mol. The number of rotatable bonds is 2. The summed E-state index contributed by atoms with van der Waals surface area (Å²) in [6, 6.07) is 0. The van der Waals surface area contributed by atoms with Crippen molar-refractivity contribution in [1.82, 2.24) is 9.97 Å². The van der Waals surface area contributed by atoms with Crippen molar-refractivity contribution in [1.29, 1.82) is 0 Å². The minimum atomic E-state index is 0.345. The molecule has 0 saturated carbocycles. The third kappa shape index (κ3) is 2.52. The zero-order chi connectivity index (χ0) is 9.14. The van der Waals surface area contributed by atoms with Crippen molar-refractivity contribution in [3.05, 3.63) is 22.7 Å². The normalized spacial score (nSPS) is 15.7. The van der Waals surface area contributed by atoms with Crippen molar-refractivity contribution in [2.45, 2.75) is 24.6 Å². The fourth-order valence-electron chi connectivity index (χ4n) is 0.763. The zero-order valence-corrected chi connectivity index (χ0v) is 10.1. The number of nitrogens with zero attached hydrogens (tertiary/aromatic N) is 2. The number of aromatic nitrogens is 2. The average molecular weight is 294 g/mol. The van der Waals surface area contributed by atoms with Gasteiger partial charge in [-0.15, -0.1) is 0 Å². The Morgan fingerprint density at radius 2 is 1.75 bits per heavy atom. The molecule has 0 saturated heterocycles. The Balaban J connectivity index is 2.82. The summed E-state index contributed by atoms with van der Waals surface area (Å²) in [7, 11) is 0. The second-order valence-corrected chi connectivity index (χ2v) is 5.09. The van der Waals surface area contributed by atoms with E-state index in [9.17, 15) is 0 Å². The monoisotopic (exact) mass is 292 g/mol. The smallest absolute Gasteiger partial charge is 0.132 e. The number of hydrogen-bond donors (Lipinski definition) is 0. The Hall–Kier alpha value is 0.0400. The molecule has 66 valence electrons. The molecule has 0 fully saturated rings. The third-order valence-corrected chi connectivity index (χ3v) is 2.94. The van der Waals surface area contributed by atoms with Gasteiger partial charge in [-0.3, -0.25) is 0 Å². The molecule has 2 unspecified atom stereocenters. The van der Waals surface area contributed by atoms with Gasteiger partial charge in [-0.25, -0.2) is 9.97 Å². The number of halogens is 2. The molecule has 12 heavy (non-hydrogen) atoms. The third-order valence-electron chi connectivity index (χ3n) is 1.74. The molecule has 0 aliphatic carbocycles. The Morgan fingerprint density at radius 3 is 2.17 bits per heavy atom. The summed E-state index contributed by atoms with van der Waals surface area (Å²) in [5.41, 5.74) is 0. The van der Waals surface area contributed by atoms with Crippen molar-refractivity contribution in [2.75, 3.05) is 0 Å². The van der Waals surface area contributed by atoms with Crippen molar-refractivity contribution < 1.29 is 0 Å². The van der Waals surface area contributed by atoms with Crippen LogP contribution in [0.5, 0.6) is 0 Å². The van der Waals surface area contributed by atoms with Gasteiger partial charge in [0.25, 0.3) is 0 Å². The minimum Gasteiger partial charge on any atom is -0.240 e. The van der Waals surface area contributed by atoms with Crippen LogP contribution in [0.2, 0.25) is 0 Å². The van der Waals surface area contributed by atoms with Crippen molar-refractivity contribution >= 4 is 31.9 Å². The second kappa shape index (κ2) is 4.33. The molecule has 0 bridgehead atoms. The quantitative estimate of drug-likeness (QED) is 0.783. The first-order valence-corrected chi connectivity index (χ1v) is 5.43. The molecule has 4 heteroatoms. The summed E-state index contributed by atoms with van der Waals surface area (Å²) in [6.07, 6.45) is 3.54. The van der Waals surface area contributed by atoms with Gasteiger partial charge in [0.15, 0.2) is 0 Å². The van der Waals surface area contributed by atoms with E-state index in [1.807, 2.05) is 0 Å². The Labute approximate surface area is 89.1 Å². The number of hydrogen-bond acceptors (Lipinski definition) is 2. The van der Waals surface area contributed by atoms with Gasteiger partial charge in [-0.05, 0) is 15.9 Å². The Bertz CT molecular complexity index is 246. The highest BCUT2D eigenvalue weighted by molar-refractivity contribution is 9.10. The lowest BCUT2D eigenvalue weighted by Crippen LogP contribution is -2.08. The SMILES string of the molecule is CC(Br)C(C)c1ncc(Br)cn1. The van der Waals surface area contributed by atoms with E-state index in [-0.39, 0.29) is 0 Å². The molecule has 1 rings (SSSR count). The van der Waals surface area contributed by atoms with Crippen molar-refractivity contribution in [3.8, 4) is 0 Å². The van der Waals surface area contributed by atoms with E-state index in [0.29, 0.717) is 10.7 Å². The van der Waals surface area contributed by atoms with Crippen LogP contribution in [0.1, 0.15) is 25.6 Å². The van der Waals surface area contributed by atoms with Crippen LogP contribution in [0.3, 0.4) is 0 Å². The number of alkyl halides is 1. The first-order chi connectivity index (χ1) is 5.61. The van der Waals surface area contributed by atoms with Gasteiger partial charge in [-0.1, -0.05) is 29.8 Å². The first-order valence-electron chi connectivity index (χ1n) is 3.72. The Kier molecular flexibility index (Phi) is 3.65. The highest BCUT2D eigenvalue weighted by Crippen LogP contribution is 2.21. The highest BCUT2D eigenvalue weighted by Gasteiger charge is 2.13. The molecule has 0 amide bonds. The average Bonchev–Trinajstić information content (AvgIpc) is 2.04. The van der Waals surface area contributed by atoms with Crippen LogP contribution < -0.4 is 0 Å². The van der Waals surface area contributed by atoms with Gasteiger partial charge in [0.1, 0.15) is 5.82 Å². The van der Waals surface area contributed by atoms with Crippen molar-refractivity contribution in [3.63, 3.8) is 0 Å². The first kappa shape index (κ1) is 10.1. The van der Waals surface area contributed by atoms with E-state index in [4.69, 9.17) is 0 Å². The zero-order valence-electron chi connectivity index (χ0n) is 6.96. The largest absolute Gasteiger partial charge is 0.240 e. The summed E-state index contributed by atoms with van der Waals surface area (Å²) >= 11 is 6.80. The van der Waals surface area contributed by atoms with Gasteiger partial charge >= 0.3 is 0 Å². The fraction of sp³-hybridized carbons (Fsp3) is 0.500. The molecule has 0 aromatic carbocycles. The molecule has 0 spiro atoms. The van der Waals surface area contributed by atoms with Gasteiger partial charge in [0, 0.05) is 23.1 Å². The summed E-state index contributed by atoms with van der Waals surface area (Å²) in [6.45, 7) is 4.19. The lowest BCUT2D eigenvalue weighted by molar-refractivity contribution is 0.699. The molecule has 1 aromatic heterocycles. The van der Waals surface area contributed by atoms with Crippen LogP contribution in [0, 0.1) is 0 Å². The maximum atomic E-state index is 4.21. The minimum absolute atomic E-state index is 0.345. The molecule has 0 aliphatic heterocycles. The molecule has 0 N–H and O–H groups in total. The van der Waals surface area contributed by atoms with Gasteiger partial charge in [0.05, 0.1) is 4.47 Å². The Morgan fingerprint density at radius 1 is 1.25 bits per heavy atom. The van der Waals surface area contributed by atoms with Crippen LogP contribution in [0.25, 0.3) is 0 Å². The van der Waals surface area contributed by atoms with E-state index in [2.05, 4.69) is 55.7 Å². The van der Waals surface area contributed by atoms with Gasteiger partial charge < -0.3 is 0 Å². The van der Waals surface area contributed by atoms with E-state index >= 15 is 0 Å². The highest BCUT2D eigenvalue weighted by atomic mass is 79.9. The lowest BCUT2D eigenvalue weighted by atomic mass is 10.1. The summed E-state index contributed by atoms with van der Waals surface area (Å²) in [5.74, 6) is 1.22. The molecule has 2 atom stereocenters. The predicted molar refractivity (Wildman–Crippen MR) is 56.5 cm³/mol. The predicted octanol–water partition coefficient (Wildman–Crippen LogP) is 3.13. The molecular formula is C8H10Br2N2. The van der Waals surface area contributed by atoms with Crippen LogP contribution in [0.4, 0.5) is 0 Å².